The molecule has 120 valence electrons. The van der Waals surface area contributed by atoms with Crippen LogP contribution in [0.15, 0.2) is 53.9 Å². The van der Waals surface area contributed by atoms with Gasteiger partial charge in [0.2, 0.25) is 0 Å². The lowest BCUT2D eigenvalue weighted by Gasteiger charge is -2.19. The highest BCUT2D eigenvalue weighted by Crippen LogP contribution is 2.24. The van der Waals surface area contributed by atoms with Crippen LogP contribution < -0.4 is 10.2 Å². The molecule has 0 unspecified atom stereocenters. The third kappa shape index (κ3) is 5.54. The summed E-state index contributed by atoms with van der Waals surface area (Å²) < 4.78 is 5.44. The van der Waals surface area contributed by atoms with Gasteiger partial charge in [-0.3, -0.25) is 9.78 Å². The molecule has 1 amide bonds. The number of nitrogens with one attached hydrogen (secondary N) is 1. The van der Waals surface area contributed by atoms with Gasteiger partial charge in [0, 0.05) is 18.0 Å². The number of pyridine rings is 1. The first-order valence-corrected chi connectivity index (χ1v) is 7.40. The summed E-state index contributed by atoms with van der Waals surface area (Å²) in [6, 6.07) is 11.4. The molecule has 0 aliphatic rings. The number of benzene rings is 1. The van der Waals surface area contributed by atoms with Crippen molar-refractivity contribution in [2.45, 2.75) is 26.2 Å². The lowest BCUT2D eigenvalue weighted by Crippen LogP contribution is -2.24. The zero-order chi connectivity index (χ0) is 16.7. The maximum Gasteiger partial charge on any atom is 0.277 e. The molecule has 1 N–H and O–H groups in total. The molecule has 0 fully saturated rings. The Labute approximate surface area is 136 Å². The predicted octanol–water partition coefficient (Wildman–Crippen LogP) is 2.91. The van der Waals surface area contributed by atoms with E-state index in [1.807, 2.05) is 30.3 Å². The van der Waals surface area contributed by atoms with E-state index < -0.39 is 0 Å². The van der Waals surface area contributed by atoms with Crippen LogP contribution in [0.3, 0.4) is 0 Å². The smallest absolute Gasteiger partial charge is 0.277 e. The highest BCUT2D eigenvalue weighted by Gasteiger charge is 2.13. The number of nitrogens with zero attached hydrogens (tertiary/aromatic N) is 2. The van der Waals surface area contributed by atoms with Crippen LogP contribution in [-0.2, 0) is 10.2 Å². The van der Waals surface area contributed by atoms with E-state index in [-0.39, 0.29) is 17.9 Å². The molecule has 5 heteroatoms. The lowest BCUT2D eigenvalue weighted by atomic mass is 9.87. The SMILES string of the molecule is CC(C)(C)c1ccc(OCC(=O)N/N=C/c2cccnc2)cc1. The second kappa shape index (κ2) is 7.54. The van der Waals surface area contributed by atoms with Gasteiger partial charge in [-0.15, -0.1) is 0 Å². The number of hydrogen-bond acceptors (Lipinski definition) is 4. The molecule has 0 aliphatic carbocycles. The van der Waals surface area contributed by atoms with Crippen molar-refractivity contribution in [2.24, 2.45) is 5.10 Å². The zero-order valence-electron chi connectivity index (χ0n) is 13.6. The summed E-state index contributed by atoms with van der Waals surface area (Å²) in [6.07, 6.45) is 4.86. The van der Waals surface area contributed by atoms with Gasteiger partial charge in [0.05, 0.1) is 6.21 Å². The van der Waals surface area contributed by atoms with Crippen molar-refractivity contribution in [3.8, 4) is 5.75 Å². The molecule has 0 bridgehead atoms. The van der Waals surface area contributed by atoms with E-state index in [0.29, 0.717) is 5.75 Å². The van der Waals surface area contributed by atoms with Crippen LogP contribution in [0.2, 0.25) is 0 Å². The zero-order valence-corrected chi connectivity index (χ0v) is 13.6. The minimum Gasteiger partial charge on any atom is -0.484 e. The Kier molecular flexibility index (Phi) is 5.46. The molecule has 0 atom stereocenters. The Morgan fingerprint density at radius 1 is 1.26 bits per heavy atom. The van der Waals surface area contributed by atoms with Crippen LogP contribution in [0.1, 0.15) is 31.9 Å². The number of ether oxygens (including phenoxy) is 1. The van der Waals surface area contributed by atoms with Gasteiger partial charge >= 0.3 is 0 Å². The van der Waals surface area contributed by atoms with Crippen molar-refractivity contribution in [2.75, 3.05) is 6.61 Å². The van der Waals surface area contributed by atoms with Crippen molar-refractivity contribution in [3.05, 3.63) is 59.9 Å². The average Bonchev–Trinajstić information content (AvgIpc) is 2.53. The summed E-state index contributed by atoms with van der Waals surface area (Å²) >= 11 is 0. The molecular formula is C18H21N3O2. The Bertz CT molecular complexity index is 659. The van der Waals surface area contributed by atoms with Crippen LogP contribution >= 0.6 is 0 Å². The number of hydrazone groups is 1. The normalized spacial score (nSPS) is 11.4. The second-order valence-electron chi connectivity index (χ2n) is 6.14. The molecule has 0 aliphatic heterocycles. The van der Waals surface area contributed by atoms with Gasteiger partial charge in [0.25, 0.3) is 5.91 Å². The lowest BCUT2D eigenvalue weighted by molar-refractivity contribution is -0.123. The number of rotatable bonds is 5. The van der Waals surface area contributed by atoms with Crippen LogP contribution in [0.25, 0.3) is 0 Å². The summed E-state index contributed by atoms with van der Waals surface area (Å²) in [6.45, 7) is 6.36. The topological polar surface area (TPSA) is 63.6 Å². The molecule has 5 nitrogen and oxygen atoms in total. The fraction of sp³-hybridized carbons (Fsp3) is 0.278. The van der Waals surface area contributed by atoms with Gasteiger partial charge in [0.1, 0.15) is 5.75 Å². The van der Waals surface area contributed by atoms with E-state index >= 15 is 0 Å². The number of hydrogen-bond donors (Lipinski definition) is 1. The van der Waals surface area contributed by atoms with E-state index in [4.69, 9.17) is 4.74 Å². The number of carbonyl (C=O) groups excluding carboxylic acids is 1. The second-order valence-corrected chi connectivity index (χ2v) is 6.14. The molecule has 0 radical (unpaired) electrons. The van der Waals surface area contributed by atoms with Crippen LogP contribution in [0, 0.1) is 0 Å². The molecule has 1 aromatic carbocycles. The Morgan fingerprint density at radius 3 is 2.61 bits per heavy atom. The molecule has 2 aromatic rings. The summed E-state index contributed by atoms with van der Waals surface area (Å²) in [5.74, 6) is 0.342. The van der Waals surface area contributed by atoms with Crippen molar-refractivity contribution >= 4 is 12.1 Å². The van der Waals surface area contributed by atoms with Gasteiger partial charge in [0.15, 0.2) is 6.61 Å². The molecule has 0 saturated carbocycles. The maximum atomic E-state index is 11.7. The standard InChI is InChI=1S/C18H21N3O2/c1-18(2,3)15-6-8-16(9-7-15)23-13-17(22)21-20-12-14-5-4-10-19-11-14/h4-12H,13H2,1-3H3,(H,21,22)/b20-12+. The molecule has 0 saturated heterocycles. The largest absolute Gasteiger partial charge is 0.484 e. The van der Waals surface area contributed by atoms with Crippen molar-refractivity contribution in [1.82, 2.24) is 10.4 Å². The predicted molar refractivity (Wildman–Crippen MR) is 90.6 cm³/mol. The average molecular weight is 311 g/mol. The first-order valence-electron chi connectivity index (χ1n) is 7.40. The third-order valence-corrected chi connectivity index (χ3v) is 3.18. The fourth-order valence-electron chi connectivity index (χ4n) is 1.86. The van der Waals surface area contributed by atoms with E-state index in [0.717, 1.165) is 5.56 Å². The highest BCUT2D eigenvalue weighted by molar-refractivity contribution is 5.82. The maximum absolute atomic E-state index is 11.7. The molecule has 0 spiro atoms. The van der Waals surface area contributed by atoms with Gasteiger partial charge in [-0.2, -0.15) is 5.10 Å². The first kappa shape index (κ1) is 16.7. The van der Waals surface area contributed by atoms with Crippen LogP contribution in [-0.4, -0.2) is 23.7 Å². The van der Waals surface area contributed by atoms with Gasteiger partial charge in [-0.25, -0.2) is 5.43 Å². The number of amides is 1. The number of carbonyl (C=O) groups is 1. The summed E-state index contributed by atoms with van der Waals surface area (Å²) in [7, 11) is 0. The third-order valence-electron chi connectivity index (χ3n) is 3.18. The number of aromatic nitrogens is 1. The van der Waals surface area contributed by atoms with Crippen molar-refractivity contribution < 1.29 is 9.53 Å². The summed E-state index contributed by atoms with van der Waals surface area (Å²) in [5, 5.41) is 3.86. The molecule has 1 heterocycles. The molecule has 1 aromatic heterocycles. The monoisotopic (exact) mass is 311 g/mol. The van der Waals surface area contributed by atoms with E-state index in [2.05, 4.69) is 36.3 Å². The van der Waals surface area contributed by atoms with E-state index in [1.165, 1.54) is 11.8 Å². The van der Waals surface area contributed by atoms with Crippen molar-refractivity contribution in [3.63, 3.8) is 0 Å². The quantitative estimate of drug-likeness (QED) is 0.682. The van der Waals surface area contributed by atoms with Crippen LogP contribution in [0.4, 0.5) is 0 Å². The minimum atomic E-state index is -0.315. The highest BCUT2D eigenvalue weighted by atomic mass is 16.5. The molecule has 2 rings (SSSR count). The molecular weight excluding hydrogens is 290 g/mol. The van der Waals surface area contributed by atoms with Crippen molar-refractivity contribution in [1.29, 1.82) is 0 Å². The molecule has 23 heavy (non-hydrogen) atoms. The van der Waals surface area contributed by atoms with E-state index in [1.54, 1.807) is 18.5 Å². The summed E-state index contributed by atoms with van der Waals surface area (Å²) in [4.78, 5) is 15.6. The van der Waals surface area contributed by atoms with Gasteiger partial charge in [-0.05, 0) is 29.2 Å². The minimum absolute atomic E-state index is 0.0841. The first-order chi connectivity index (χ1) is 10.9. The van der Waals surface area contributed by atoms with E-state index in [9.17, 15) is 4.79 Å². The fourth-order valence-corrected chi connectivity index (χ4v) is 1.86. The Morgan fingerprint density at radius 2 is 2.00 bits per heavy atom. The Balaban J connectivity index is 1.79. The van der Waals surface area contributed by atoms with Gasteiger partial charge in [-0.1, -0.05) is 39.0 Å². The van der Waals surface area contributed by atoms with Crippen LogP contribution in [0.5, 0.6) is 5.75 Å². The summed E-state index contributed by atoms with van der Waals surface area (Å²) in [5.41, 5.74) is 4.54. The van der Waals surface area contributed by atoms with Gasteiger partial charge < -0.3 is 4.74 Å². The Hall–Kier alpha value is -2.69.